The monoisotopic (exact) mass is 279 g/mol. The topological polar surface area (TPSA) is 96.9 Å². The van der Waals surface area contributed by atoms with Crippen LogP contribution in [0.25, 0.3) is 0 Å². The van der Waals surface area contributed by atoms with Crippen molar-refractivity contribution in [1.82, 2.24) is 5.32 Å². The fourth-order valence-electron chi connectivity index (χ4n) is 1.73. The van der Waals surface area contributed by atoms with Crippen LogP contribution in [0, 0.1) is 0 Å². The van der Waals surface area contributed by atoms with Gasteiger partial charge in [0.05, 0.1) is 0 Å². The third-order valence-electron chi connectivity index (χ3n) is 2.84. The zero-order valence-corrected chi connectivity index (χ0v) is 11.6. The summed E-state index contributed by atoms with van der Waals surface area (Å²) < 4.78 is 4.95. The van der Waals surface area contributed by atoms with Gasteiger partial charge in [-0.2, -0.15) is 0 Å². The molecular weight excluding hydrogens is 258 g/mol. The molecule has 0 aliphatic heterocycles. The van der Waals surface area contributed by atoms with Crippen molar-refractivity contribution >= 4 is 11.7 Å². The number of methoxy groups -OCH3 is 1. The van der Waals surface area contributed by atoms with E-state index in [1.54, 1.807) is 31.4 Å². The number of carbonyl (C=O) groups is 1. The smallest absolute Gasteiger partial charge is 0.251 e. The van der Waals surface area contributed by atoms with Crippen LogP contribution in [0.1, 0.15) is 35.2 Å². The molecule has 20 heavy (non-hydrogen) atoms. The van der Waals surface area contributed by atoms with Gasteiger partial charge in [0.2, 0.25) is 0 Å². The highest BCUT2D eigenvalue weighted by Gasteiger charge is 2.07. The number of nitrogens with zero attached hydrogens (tertiary/aromatic N) is 1. The number of ether oxygens (including phenoxy) is 1. The fourth-order valence-corrected chi connectivity index (χ4v) is 1.73. The number of benzene rings is 1. The molecule has 6 heteroatoms. The summed E-state index contributed by atoms with van der Waals surface area (Å²) in [7, 11) is 1.68. The number of nitrogens with one attached hydrogen (secondary N) is 1. The molecule has 0 saturated heterocycles. The first-order valence-electron chi connectivity index (χ1n) is 6.54. The zero-order chi connectivity index (χ0) is 14.8. The van der Waals surface area contributed by atoms with Crippen LogP contribution in [0.4, 0.5) is 0 Å². The van der Waals surface area contributed by atoms with Gasteiger partial charge < -0.3 is 21.0 Å². The average Bonchev–Trinajstić information content (AvgIpc) is 2.49. The summed E-state index contributed by atoms with van der Waals surface area (Å²) in [6.07, 6.45) is 2.92. The minimum absolute atomic E-state index is 0.0146. The molecule has 0 unspecified atom stereocenters. The number of carbonyl (C=O) groups excluding carboxylic acids is 1. The Morgan fingerprint density at radius 1 is 1.35 bits per heavy atom. The third-order valence-corrected chi connectivity index (χ3v) is 2.84. The Morgan fingerprint density at radius 3 is 2.80 bits per heavy atom. The van der Waals surface area contributed by atoms with Crippen molar-refractivity contribution in [1.29, 1.82) is 0 Å². The van der Waals surface area contributed by atoms with Gasteiger partial charge in [-0.25, -0.2) is 0 Å². The summed E-state index contributed by atoms with van der Waals surface area (Å²) >= 11 is 0. The van der Waals surface area contributed by atoms with Crippen molar-refractivity contribution in [3.63, 3.8) is 0 Å². The van der Waals surface area contributed by atoms with E-state index in [-0.39, 0.29) is 11.7 Å². The molecule has 0 aliphatic rings. The van der Waals surface area contributed by atoms with Gasteiger partial charge in [0.15, 0.2) is 5.84 Å². The normalized spacial score (nSPS) is 11.3. The second-order valence-electron chi connectivity index (χ2n) is 4.38. The average molecular weight is 279 g/mol. The largest absolute Gasteiger partial charge is 0.409 e. The molecule has 4 N–H and O–H groups in total. The van der Waals surface area contributed by atoms with E-state index in [0.717, 1.165) is 25.9 Å². The Labute approximate surface area is 118 Å². The first-order chi connectivity index (χ1) is 9.69. The van der Waals surface area contributed by atoms with E-state index in [9.17, 15) is 4.79 Å². The zero-order valence-electron chi connectivity index (χ0n) is 11.6. The quantitative estimate of drug-likeness (QED) is 0.220. The number of unbranched alkanes of at least 4 members (excludes halogenated alkanes) is 2. The van der Waals surface area contributed by atoms with Crippen LogP contribution >= 0.6 is 0 Å². The first-order valence-corrected chi connectivity index (χ1v) is 6.54. The van der Waals surface area contributed by atoms with Gasteiger partial charge in [-0.05, 0) is 31.4 Å². The molecule has 0 heterocycles. The maximum Gasteiger partial charge on any atom is 0.251 e. The SMILES string of the molecule is COCCCCCNC(=O)c1cccc(/C(N)=N/O)c1. The maximum atomic E-state index is 11.9. The van der Waals surface area contributed by atoms with E-state index in [1.807, 2.05) is 0 Å². The molecule has 1 aromatic carbocycles. The van der Waals surface area contributed by atoms with Gasteiger partial charge in [-0.15, -0.1) is 0 Å². The number of nitrogens with two attached hydrogens (primary N) is 1. The molecule has 0 radical (unpaired) electrons. The molecule has 0 bridgehead atoms. The highest BCUT2D eigenvalue weighted by molar-refractivity contribution is 6.01. The lowest BCUT2D eigenvalue weighted by Gasteiger charge is -2.06. The molecule has 0 spiro atoms. The van der Waals surface area contributed by atoms with Gasteiger partial charge in [-0.3, -0.25) is 4.79 Å². The van der Waals surface area contributed by atoms with Crippen molar-refractivity contribution in [2.45, 2.75) is 19.3 Å². The van der Waals surface area contributed by atoms with Gasteiger partial charge in [-0.1, -0.05) is 17.3 Å². The highest BCUT2D eigenvalue weighted by atomic mass is 16.5. The molecule has 6 nitrogen and oxygen atoms in total. The van der Waals surface area contributed by atoms with Gasteiger partial charge in [0, 0.05) is 31.4 Å². The Balaban J connectivity index is 2.43. The molecule has 0 atom stereocenters. The van der Waals surface area contributed by atoms with Crippen LogP contribution < -0.4 is 11.1 Å². The summed E-state index contributed by atoms with van der Waals surface area (Å²) in [5.74, 6) is -0.177. The molecule has 0 aliphatic carbocycles. The number of amides is 1. The Morgan fingerprint density at radius 2 is 2.10 bits per heavy atom. The second-order valence-corrected chi connectivity index (χ2v) is 4.38. The van der Waals surface area contributed by atoms with Gasteiger partial charge in [0.25, 0.3) is 5.91 Å². The minimum Gasteiger partial charge on any atom is -0.409 e. The van der Waals surface area contributed by atoms with Crippen LogP contribution in [0.5, 0.6) is 0 Å². The molecule has 1 amide bonds. The molecular formula is C14H21N3O3. The second kappa shape index (κ2) is 8.92. The van der Waals surface area contributed by atoms with Crippen molar-refractivity contribution in [3.8, 4) is 0 Å². The lowest BCUT2D eigenvalue weighted by atomic mass is 10.1. The van der Waals surface area contributed by atoms with Gasteiger partial charge >= 0.3 is 0 Å². The summed E-state index contributed by atoms with van der Waals surface area (Å²) in [5.41, 5.74) is 6.49. The minimum atomic E-state index is -0.163. The van der Waals surface area contributed by atoms with Crippen LogP contribution in [-0.2, 0) is 4.74 Å². The van der Waals surface area contributed by atoms with E-state index in [1.165, 1.54) is 0 Å². The van der Waals surface area contributed by atoms with E-state index in [4.69, 9.17) is 15.7 Å². The van der Waals surface area contributed by atoms with Crippen molar-refractivity contribution in [2.75, 3.05) is 20.3 Å². The summed E-state index contributed by atoms with van der Waals surface area (Å²) in [4.78, 5) is 11.9. The molecule has 0 saturated carbocycles. The van der Waals surface area contributed by atoms with Crippen LogP contribution in [0.3, 0.4) is 0 Å². The number of hydrogen-bond acceptors (Lipinski definition) is 4. The van der Waals surface area contributed by atoms with E-state index in [0.29, 0.717) is 17.7 Å². The van der Waals surface area contributed by atoms with E-state index in [2.05, 4.69) is 10.5 Å². The molecule has 0 aromatic heterocycles. The maximum absolute atomic E-state index is 11.9. The lowest BCUT2D eigenvalue weighted by Crippen LogP contribution is -2.25. The van der Waals surface area contributed by atoms with Crippen LogP contribution in [0.15, 0.2) is 29.4 Å². The first kappa shape index (κ1) is 16.0. The van der Waals surface area contributed by atoms with Crippen LogP contribution in [0.2, 0.25) is 0 Å². The Kier molecular flexibility index (Phi) is 7.13. The molecule has 1 aromatic rings. The molecule has 110 valence electrons. The predicted molar refractivity (Wildman–Crippen MR) is 77.0 cm³/mol. The van der Waals surface area contributed by atoms with Crippen molar-refractivity contribution in [3.05, 3.63) is 35.4 Å². The lowest BCUT2D eigenvalue weighted by molar-refractivity contribution is 0.0952. The van der Waals surface area contributed by atoms with Gasteiger partial charge in [0.1, 0.15) is 0 Å². The molecule has 0 fully saturated rings. The summed E-state index contributed by atoms with van der Waals surface area (Å²) in [6, 6.07) is 6.65. The van der Waals surface area contributed by atoms with Crippen molar-refractivity contribution < 1.29 is 14.7 Å². The third kappa shape index (κ3) is 5.27. The van der Waals surface area contributed by atoms with Crippen LogP contribution in [-0.4, -0.2) is 37.2 Å². The number of oxime groups is 1. The highest BCUT2D eigenvalue weighted by Crippen LogP contribution is 2.05. The van der Waals surface area contributed by atoms with Crippen molar-refractivity contribution in [2.24, 2.45) is 10.9 Å². The number of amidine groups is 1. The Bertz CT molecular complexity index is 461. The summed E-state index contributed by atoms with van der Waals surface area (Å²) in [6.45, 7) is 1.37. The van der Waals surface area contributed by atoms with E-state index >= 15 is 0 Å². The number of rotatable bonds is 8. The predicted octanol–water partition coefficient (Wildman–Crippen LogP) is 1.33. The van der Waals surface area contributed by atoms with E-state index < -0.39 is 0 Å². The standard InChI is InChI=1S/C14H21N3O3/c1-20-9-4-2-3-8-16-14(18)12-7-5-6-11(10-12)13(15)17-19/h5-7,10,19H,2-4,8-9H2,1H3,(H2,15,17)(H,16,18). The fraction of sp³-hybridized carbons (Fsp3) is 0.429. The Hall–Kier alpha value is -2.08. The summed E-state index contributed by atoms with van der Waals surface area (Å²) in [5, 5.41) is 14.4. The number of hydrogen-bond donors (Lipinski definition) is 3. The molecule has 1 rings (SSSR count).